The molecule has 0 atom stereocenters. The van der Waals surface area contributed by atoms with E-state index in [1.165, 1.54) is 0 Å². The van der Waals surface area contributed by atoms with E-state index in [1.807, 2.05) is 0 Å². The Morgan fingerprint density at radius 2 is 1.67 bits per heavy atom. The van der Waals surface area contributed by atoms with Gasteiger partial charge in [-0.15, -0.1) is 0 Å². The minimum atomic E-state index is -1.53. The summed E-state index contributed by atoms with van der Waals surface area (Å²) in [6.07, 6.45) is 3.05. The maximum Gasteiger partial charge on any atom is 0.218 e. The third-order valence-corrected chi connectivity index (χ3v) is 3.68. The molecule has 1 N–H and O–H groups in total. The Morgan fingerprint density at radius 3 is 2.00 bits per heavy atom. The van der Waals surface area contributed by atoms with Gasteiger partial charge in [-0.1, -0.05) is 41.7 Å². The van der Waals surface area contributed by atoms with E-state index in [-0.39, 0.29) is 0 Å². The van der Waals surface area contributed by atoms with Crippen molar-refractivity contribution < 1.29 is 5.11 Å². The van der Waals surface area contributed by atoms with E-state index < -0.39 is 9.39 Å². The molecule has 0 radical (unpaired) electrons. The summed E-state index contributed by atoms with van der Waals surface area (Å²) in [5, 5.41) is 9.93. The van der Waals surface area contributed by atoms with Gasteiger partial charge in [-0.05, 0) is 31.6 Å². The summed E-state index contributed by atoms with van der Waals surface area (Å²) in [6, 6.07) is 0. The van der Waals surface area contributed by atoms with Crippen LogP contribution in [0.2, 0.25) is 0 Å². The smallest absolute Gasteiger partial charge is 0.218 e. The van der Waals surface area contributed by atoms with Gasteiger partial charge < -0.3 is 5.11 Å². The van der Waals surface area contributed by atoms with E-state index in [1.54, 1.807) is 0 Å². The van der Waals surface area contributed by atoms with Crippen molar-refractivity contribution in [1.82, 2.24) is 0 Å². The third kappa shape index (κ3) is 2.20. The van der Waals surface area contributed by atoms with Gasteiger partial charge >= 0.3 is 0 Å². The predicted molar refractivity (Wildman–Crippen MR) is 52.9 cm³/mol. The molecule has 72 valence electrons. The van der Waals surface area contributed by atoms with Crippen molar-refractivity contribution in [3.05, 3.63) is 0 Å². The van der Waals surface area contributed by atoms with Crippen LogP contribution >= 0.6 is 34.8 Å². The molecule has 0 unspecified atom stereocenters. The van der Waals surface area contributed by atoms with Gasteiger partial charge in [-0.25, -0.2) is 0 Å². The molecule has 1 nitrogen and oxygen atoms in total. The summed E-state index contributed by atoms with van der Waals surface area (Å²) in [6.45, 7) is 2.15. The largest absolute Gasteiger partial charge is 0.385 e. The van der Waals surface area contributed by atoms with Crippen molar-refractivity contribution in [1.29, 1.82) is 0 Å². The average molecular weight is 232 g/mol. The number of hydrogen-bond acceptors (Lipinski definition) is 1. The molecule has 0 aromatic rings. The highest BCUT2D eigenvalue weighted by Crippen LogP contribution is 2.47. The van der Waals surface area contributed by atoms with Crippen molar-refractivity contribution >= 4 is 34.8 Å². The maximum atomic E-state index is 9.93. The molecule has 1 aliphatic rings. The van der Waals surface area contributed by atoms with Crippen LogP contribution in [-0.2, 0) is 0 Å². The summed E-state index contributed by atoms with van der Waals surface area (Å²) in [5.74, 6) is 0.637. The first kappa shape index (κ1) is 10.9. The molecule has 0 saturated heterocycles. The van der Waals surface area contributed by atoms with Gasteiger partial charge in [0.1, 0.15) is 5.60 Å². The Hall–Kier alpha value is 0.830. The minimum absolute atomic E-state index is 0.588. The molecule has 4 heteroatoms. The van der Waals surface area contributed by atoms with Gasteiger partial charge in [0.2, 0.25) is 3.79 Å². The zero-order chi connectivity index (χ0) is 9.41. The molecule has 0 bridgehead atoms. The number of alkyl halides is 3. The fraction of sp³-hybridized carbons (Fsp3) is 1.00. The molecule has 0 amide bonds. The summed E-state index contributed by atoms with van der Waals surface area (Å²) >= 11 is 17.0. The standard InChI is InChI=1S/C8H13Cl3O/c1-6-2-4-7(12,5-3-6)8(9,10)11/h6,12H,2-5H2,1H3. The number of hydrogen-bond donors (Lipinski definition) is 1. The first-order chi connectivity index (χ1) is 5.35. The van der Waals surface area contributed by atoms with Crippen molar-refractivity contribution in [2.45, 2.75) is 42.0 Å². The van der Waals surface area contributed by atoms with Crippen LogP contribution in [0.4, 0.5) is 0 Å². The fourth-order valence-electron chi connectivity index (χ4n) is 1.52. The molecule has 1 rings (SSSR count). The molecule has 1 saturated carbocycles. The van der Waals surface area contributed by atoms with Crippen LogP contribution in [0.3, 0.4) is 0 Å². The second kappa shape index (κ2) is 3.53. The van der Waals surface area contributed by atoms with Gasteiger partial charge in [0, 0.05) is 0 Å². The van der Waals surface area contributed by atoms with Gasteiger partial charge in [-0.3, -0.25) is 0 Å². The summed E-state index contributed by atoms with van der Waals surface area (Å²) in [5.41, 5.74) is -1.11. The van der Waals surface area contributed by atoms with Crippen LogP contribution in [-0.4, -0.2) is 14.5 Å². The van der Waals surface area contributed by atoms with Crippen molar-refractivity contribution in [2.75, 3.05) is 0 Å². The van der Waals surface area contributed by atoms with E-state index in [2.05, 4.69) is 6.92 Å². The first-order valence-corrected chi connectivity index (χ1v) is 5.28. The molecular weight excluding hydrogens is 218 g/mol. The Balaban J connectivity index is 2.62. The number of halogens is 3. The molecule has 0 spiro atoms. The third-order valence-electron chi connectivity index (χ3n) is 2.63. The molecule has 0 heterocycles. The molecular formula is C8H13Cl3O. The fourth-order valence-corrected chi connectivity index (χ4v) is 2.09. The van der Waals surface area contributed by atoms with Crippen LogP contribution in [0.25, 0.3) is 0 Å². The van der Waals surface area contributed by atoms with Gasteiger partial charge in [0.05, 0.1) is 0 Å². The molecule has 0 aliphatic heterocycles. The Labute approximate surface area is 88.0 Å². The molecule has 12 heavy (non-hydrogen) atoms. The average Bonchev–Trinajstić information content (AvgIpc) is 1.93. The Morgan fingerprint density at radius 1 is 1.25 bits per heavy atom. The van der Waals surface area contributed by atoms with Crippen LogP contribution in [0.1, 0.15) is 32.6 Å². The predicted octanol–water partition coefficient (Wildman–Crippen LogP) is 3.30. The first-order valence-electron chi connectivity index (χ1n) is 4.14. The lowest BCUT2D eigenvalue weighted by molar-refractivity contribution is -0.00364. The van der Waals surface area contributed by atoms with E-state index in [0.717, 1.165) is 12.8 Å². The van der Waals surface area contributed by atoms with Gasteiger partial charge in [-0.2, -0.15) is 0 Å². The second-order valence-electron chi connectivity index (χ2n) is 3.71. The molecule has 0 aromatic heterocycles. The molecule has 1 fully saturated rings. The van der Waals surface area contributed by atoms with Crippen LogP contribution in [0, 0.1) is 5.92 Å². The normalized spacial score (nSPS) is 38.2. The van der Waals surface area contributed by atoms with Gasteiger partial charge in [0.15, 0.2) is 0 Å². The SMILES string of the molecule is CC1CCC(O)(C(Cl)(Cl)Cl)CC1. The van der Waals surface area contributed by atoms with Crippen LogP contribution in [0.15, 0.2) is 0 Å². The number of rotatable bonds is 0. The number of aliphatic hydroxyl groups is 1. The highest BCUT2D eigenvalue weighted by molar-refractivity contribution is 6.68. The van der Waals surface area contributed by atoms with Crippen LogP contribution in [0.5, 0.6) is 0 Å². The monoisotopic (exact) mass is 230 g/mol. The van der Waals surface area contributed by atoms with Crippen LogP contribution < -0.4 is 0 Å². The lowest BCUT2D eigenvalue weighted by atomic mass is 9.80. The molecule has 1 aliphatic carbocycles. The van der Waals surface area contributed by atoms with E-state index >= 15 is 0 Å². The van der Waals surface area contributed by atoms with Crippen molar-refractivity contribution in [3.8, 4) is 0 Å². The van der Waals surface area contributed by atoms with Crippen molar-refractivity contribution in [3.63, 3.8) is 0 Å². The minimum Gasteiger partial charge on any atom is -0.385 e. The molecule has 0 aromatic carbocycles. The zero-order valence-corrected chi connectivity index (χ0v) is 9.25. The lowest BCUT2D eigenvalue weighted by Crippen LogP contribution is -2.45. The summed E-state index contributed by atoms with van der Waals surface area (Å²) in [4.78, 5) is 0. The highest BCUT2D eigenvalue weighted by Gasteiger charge is 2.48. The summed E-state index contributed by atoms with van der Waals surface area (Å²) in [7, 11) is 0. The Bertz CT molecular complexity index is 156. The van der Waals surface area contributed by atoms with Gasteiger partial charge in [0.25, 0.3) is 0 Å². The summed E-state index contributed by atoms with van der Waals surface area (Å²) < 4.78 is -1.53. The maximum absolute atomic E-state index is 9.93. The van der Waals surface area contributed by atoms with Crippen molar-refractivity contribution in [2.24, 2.45) is 5.92 Å². The second-order valence-corrected chi connectivity index (χ2v) is 5.99. The quantitative estimate of drug-likeness (QED) is 0.634. The zero-order valence-electron chi connectivity index (χ0n) is 6.99. The topological polar surface area (TPSA) is 20.2 Å². The van der Waals surface area contributed by atoms with E-state index in [4.69, 9.17) is 34.8 Å². The lowest BCUT2D eigenvalue weighted by Gasteiger charge is -2.39. The Kier molecular flexibility index (Phi) is 3.21. The van der Waals surface area contributed by atoms with E-state index in [9.17, 15) is 5.11 Å². The highest BCUT2D eigenvalue weighted by atomic mass is 35.6. The van der Waals surface area contributed by atoms with E-state index in [0.29, 0.717) is 18.8 Å².